The van der Waals surface area contributed by atoms with Crippen LogP contribution in [0.2, 0.25) is 0 Å². The molecule has 1 unspecified atom stereocenters. The van der Waals surface area contributed by atoms with Gasteiger partial charge in [-0.2, -0.15) is 0 Å². The van der Waals surface area contributed by atoms with Crippen molar-refractivity contribution in [2.24, 2.45) is 0 Å². The molecule has 2 rings (SSSR count). The lowest BCUT2D eigenvalue weighted by Crippen LogP contribution is -2.38. The van der Waals surface area contributed by atoms with Crippen molar-refractivity contribution in [1.82, 2.24) is 4.90 Å². The van der Waals surface area contributed by atoms with E-state index in [4.69, 9.17) is 12.2 Å². The summed E-state index contributed by atoms with van der Waals surface area (Å²) in [5, 5.41) is 0. The van der Waals surface area contributed by atoms with E-state index in [2.05, 4.69) is 43.0 Å². The summed E-state index contributed by atoms with van der Waals surface area (Å²) in [4.78, 5) is 3.37. The van der Waals surface area contributed by atoms with Crippen LogP contribution < -0.4 is 0 Å². The topological polar surface area (TPSA) is 3.24 Å². The van der Waals surface area contributed by atoms with E-state index in [1.807, 2.05) is 0 Å². The van der Waals surface area contributed by atoms with E-state index in [0.29, 0.717) is 5.92 Å². The van der Waals surface area contributed by atoms with E-state index in [1.54, 1.807) is 0 Å². The highest BCUT2D eigenvalue weighted by atomic mass is 32.1. The molecule has 1 aromatic carbocycles. The molecular weight excluding hydrogens is 202 g/mol. The molecule has 1 nitrogen and oxygen atoms in total. The number of thiocarbonyl (C=S) groups is 1. The van der Waals surface area contributed by atoms with Gasteiger partial charge in [0.1, 0.15) is 4.99 Å². The Hall–Kier alpha value is -0.890. The van der Waals surface area contributed by atoms with Crippen LogP contribution in [0.4, 0.5) is 0 Å². The van der Waals surface area contributed by atoms with Crippen LogP contribution in [0.15, 0.2) is 24.3 Å². The first-order valence-electron chi connectivity index (χ1n) is 5.62. The summed E-state index contributed by atoms with van der Waals surface area (Å²) < 4.78 is 0. The molecule has 1 atom stereocenters. The smallest absolute Gasteiger partial charge is 0.109 e. The Morgan fingerprint density at radius 2 is 2.13 bits per heavy atom. The minimum atomic E-state index is 0.597. The molecule has 0 bridgehead atoms. The van der Waals surface area contributed by atoms with Crippen molar-refractivity contribution >= 4 is 17.2 Å². The molecule has 2 heteroatoms. The first-order valence-corrected chi connectivity index (χ1v) is 6.03. The Kier molecular flexibility index (Phi) is 3.06. The number of hydrogen-bond donors (Lipinski definition) is 0. The molecule has 0 saturated carbocycles. The monoisotopic (exact) mass is 219 g/mol. The van der Waals surface area contributed by atoms with Crippen LogP contribution in [0.5, 0.6) is 0 Å². The van der Waals surface area contributed by atoms with Crippen molar-refractivity contribution < 1.29 is 0 Å². The van der Waals surface area contributed by atoms with Crippen molar-refractivity contribution in [3.05, 3.63) is 35.4 Å². The quantitative estimate of drug-likeness (QED) is 0.703. The van der Waals surface area contributed by atoms with Gasteiger partial charge >= 0.3 is 0 Å². The average molecular weight is 219 g/mol. The summed E-state index contributed by atoms with van der Waals surface area (Å²) >= 11 is 5.53. The number of fused-ring (bicyclic) bond motifs is 1. The van der Waals surface area contributed by atoms with Crippen LogP contribution in [0.25, 0.3) is 0 Å². The molecule has 0 amide bonds. The minimum absolute atomic E-state index is 0.597. The standard InChI is InChI=1S/C13H17NS/c1-3-8-14-9-10(2)11-6-4-5-7-12(11)13(14)15/h4-7,10H,3,8-9H2,1-2H3. The highest BCUT2D eigenvalue weighted by molar-refractivity contribution is 7.80. The van der Waals surface area contributed by atoms with Gasteiger partial charge in [0.2, 0.25) is 0 Å². The molecule has 0 aliphatic carbocycles. The maximum atomic E-state index is 5.53. The van der Waals surface area contributed by atoms with Gasteiger partial charge in [0.05, 0.1) is 0 Å². The van der Waals surface area contributed by atoms with Gasteiger partial charge in [-0.25, -0.2) is 0 Å². The van der Waals surface area contributed by atoms with E-state index in [1.165, 1.54) is 11.1 Å². The van der Waals surface area contributed by atoms with Crippen LogP contribution in [-0.2, 0) is 0 Å². The molecule has 0 aromatic heterocycles. The second kappa shape index (κ2) is 4.31. The summed E-state index contributed by atoms with van der Waals surface area (Å²) in [6, 6.07) is 8.53. The first-order chi connectivity index (χ1) is 7.24. The fraction of sp³-hybridized carbons (Fsp3) is 0.462. The molecule has 1 heterocycles. The predicted octanol–water partition coefficient (Wildman–Crippen LogP) is 3.19. The van der Waals surface area contributed by atoms with Gasteiger partial charge in [0.25, 0.3) is 0 Å². The lowest BCUT2D eigenvalue weighted by atomic mass is 9.91. The normalized spacial score (nSPS) is 20.3. The minimum Gasteiger partial charge on any atom is -0.362 e. The summed E-state index contributed by atoms with van der Waals surface area (Å²) in [6.45, 7) is 6.64. The van der Waals surface area contributed by atoms with Crippen LogP contribution in [-0.4, -0.2) is 23.0 Å². The van der Waals surface area contributed by atoms with Gasteiger partial charge in [-0.3, -0.25) is 0 Å². The maximum Gasteiger partial charge on any atom is 0.109 e. The van der Waals surface area contributed by atoms with Gasteiger partial charge in [0.15, 0.2) is 0 Å². The Bertz CT molecular complexity index is 373. The van der Waals surface area contributed by atoms with Crippen molar-refractivity contribution in [2.75, 3.05) is 13.1 Å². The summed E-state index contributed by atoms with van der Waals surface area (Å²) in [6.07, 6.45) is 1.16. The number of rotatable bonds is 2. The zero-order chi connectivity index (χ0) is 10.8. The highest BCUT2D eigenvalue weighted by Gasteiger charge is 2.24. The Morgan fingerprint density at radius 3 is 2.87 bits per heavy atom. The molecule has 80 valence electrons. The van der Waals surface area contributed by atoms with E-state index in [9.17, 15) is 0 Å². The number of hydrogen-bond acceptors (Lipinski definition) is 1. The van der Waals surface area contributed by atoms with E-state index in [0.717, 1.165) is 24.5 Å². The molecular formula is C13H17NS. The summed E-state index contributed by atoms with van der Waals surface area (Å²) in [5.74, 6) is 0.597. The summed E-state index contributed by atoms with van der Waals surface area (Å²) in [5.41, 5.74) is 2.68. The van der Waals surface area contributed by atoms with Gasteiger partial charge in [-0.05, 0) is 17.9 Å². The van der Waals surface area contributed by atoms with E-state index in [-0.39, 0.29) is 0 Å². The van der Waals surface area contributed by atoms with Crippen LogP contribution in [0.1, 0.15) is 37.3 Å². The van der Waals surface area contributed by atoms with Crippen molar-refractivity contribution in [1.29, 1.82) is 0 Å². The van der Waals surface area contributed by atoms with E-state index < -0.39 is 0 Å². The zero-order valence-corrected chi connectivity index (χ0v) is 10.2. The molecule has 0 spiro atoms. The third-order valence-electron chi connectivity index (χ3n) is 3.00. The maximum absolute atomic E-state index is 5.53. The van der Waals surface area contributed by atoms with Crippen molar-refractivity contribution in [2.45, 2.75) is 26.2 Å². The SMILES string of the molecule is CCCN1CC(C)c2ccccc2C1=S. The Labute approximate surface area is 97.1 Å². The largest absolute Gasteiger partial charge is 0.362 e. The molecule has 0 radical (unpaired) electrons. The Morgan fingerprint density at radius 1 is 1.40 bits per heavy atom. The lowest BCUT2D eigenvalue weighted by Gasteiger charge is -2.34. The second-order valence-corrected chi connectivity index (χ2v) is 4.63. The average Bonchev–Trinajstić information content (AvgIpc) is 2.26. The highest BCUT2D eigenvalue weighted by Crippen LogP contribution is 2.28. The Balaban J connectivity index is 2.35. The van der Waals surface area contributed by atoms with E-state index >= 15 is 0 Å². The van der Waals surface area contributed by atoms with Gasteiger partial charge < -0.3 is 4.90 Å². The zero-order valence-electron chi connectivity index (χ0n) is 9.36. The molecule has 0 N–H and O–H groups in total. The fourth-order valence-corrected chi connectivity index (χ4v) is 2.62. The molecule has 1 aromatic rings. The molecule has 1 aliphatic heterocycles. The number of nitrogens with zero attached hydrogens (tertiary/aromatic N) is 1. The number of benzene rings is 1. The molecule has 1 aliphatic rings. The van der Waals surface area contributed by atoms with Gasteiger partial charge in [-0.15, -0.1) is 0 Å². The molecule has 15 heavy (non-hydrogen) atoms. The molecule has 0 saturated heterocycles. The van der Waals surface area contributed by atoms with Crippen molar-refractivity contribution in [3.8, 4) is 0 Å². The van der Waals surface area contributed by atoms with Crippen molar-refractivity contribution in [3.63, 3.8) is 0 Å². The third kappa shape index (κ3) is 1.91. The molecule has 0 fully saturated rings. The summed E-state index contributed by atoms with van der Waals surface area (Å²) in [7, 11) is 0. The van der Waals surface area contributed by atoms with Crippen LogP contribution >= 0.6 is 12.2 Å². The fourth-order valence-electron chi connectivity index (χ4n) is 2.27. The van der Waals surface area contributed by atoms with Crippen LogP contribution in [0.3, 0.4) is 0 Å². The first kappa shape index (κ1) is 10.6. The third-order valence-corrected chi connectivity index (χ3v) is 3.48. The van der Waals surface area contributed by atoms with Crippen LogP contribution in [0, 0.1) is 0 Å². The lowest BCUT2D eigenvalue weighted by molar-refractivity contribution is 0.389. The predicted molar refractivity (Wildman–Crippen MR) is 68.4 cm³/mol. The second-order valence-electron chi connectivity index (χ2n) is 4.24. The van der Waals surface area contributed by atoms with Gasteiger partial charge in [-0.1, -0.05) is 50.3 Å². The van der Waals surface area contributed by atoms with Gasteiger partial charge in [0, 0.05) is 18.7 Å².